The van der Waals surface area contributed by atoms with Crippen LogP contribution in [0.25, 0.3) is 0 Å². The second-order valence-corrected chi connectivity index (χ2v) is 9.50. The highest BCUT2D eigenvalue weighted by Gasteiger charge is 2.38. The highest BCUT2D eigenvalue weighted by atomic mass is 127. The van der Waals surface area contributed by atoms with Gasteiger partial charge >= 0.3 is 0 Å². The van der Waals surface area contributed by atoms with E-state index in [9.17, 15) is 4.79 Å². The highest BCUT2D eigenvalue weighted by Crippen LogP contribution is 2.43. The van der Waals surface area contributed by atoms with Crippen LogP contribution >= 0.6 is 24.0 Å². The van der Waals surface area contributed by atoms with Crippen LogP contribution in [0.5, 0.6) is 0 Å². The molecule has 0 unspecified atom stereocenters. The van der Waals surface area contributed by atoms with E-state index in [-0.39, 0.29) is 29.4 Å². The molecule has 2 N–H and O–H groups in total. The average molecular weight is 554 g/mol. The molecule has 1 saturated heterocycles. The Bertz CT molecular complexity index is 738. The Morgan fingerprint density at radius 3 is 2.31 bits per heavy atom. The molecule has 0 bridgehead atoms. The van der Waals surface area contributed by atoms with Gasteiger partial charge in [-0.2, -0.15) is 0 Å². The minimum Gasteiger partial charge on any atom is -0.356 e. The fourth-order valence-corrected chi connectivity index (χ4v) is 5.39. The molecule has 3 fully saturated rings. The van der Waals surface area contributed by atoms with E-state index in [0.29, 0.717) is 11.8 Å². The van der Waals surface area contributed by atoms with Crippen molar-refractivity contribution in [3.05, 3.63) is 35.9 Å². The van der Waals surface area contributed by atoms with E-state index in [1.807, 2.05) is 7.05 Å². The molecule has 1 amide bonds. The molecule has 2 aliphatic carbocycles. The van der Waals surface area contributed by atoms with Crippen molar-refractivity contribution in [1.82, 2.24) is 20.4 Å². The Morgan fingerprint density at radius 1 is 1.03 bits per heavy atom. The van der Waals surface area contributed by atoms with Crippen LogP contribution in [0, 0.1) is 5.92 Å². The number of rotatable bonds is 7. The number of carbonyl (C=O) groups is 1. The van der Waals surface area contributed by atoms with E-state index >= 15 is 0 Å². The van der Waals surface area contributed by atoms with Gasteiger partial charge in [0.1, 0.15) is 0 Å². The summed E-state index contributed by atoms with van der Waals surface area (Å²) in [4.78, 5) is 21.6. The summed E-state index contributed by atoms with van der Waals surface area (Å²) in [6.07, 6.45) is 8.43. The number of hydrogen-bond donors (Lipinski definition) is 2. The van der Waals surface area contributed by atoms with Crippen molar-refractivity contribution in [2.24, 2.45) is 10.9 Å². The average Bonchev–Trinajstić information content (AvgIpc) is 3.33. The van der Waals surface area contributed by atoms with Gasteiger partial charge in [-0.25, -0.2) is 0 Å². The van der Waals surface area contributed by atoms with Crippen LogP contribution < -0.4 is 10.6 Å². The molecule has 4 rings (SSSR count). The Morgan fingerprint density at radius 2 is 1.72 bits per heavy atom. The SMILES string of the molecule is CN=C(NCCN1CCN(C(=O)C2CCCC2)CC1)NCC1(c2ccccc2)CCC1.I. The normalized spacial score (nSPS) is 21.5. The summed E-state index contributed by atoms with van der Waals surface area (Å²) in [7, 11) is 1.85. The predicted molar refractivity (Wildman–Crippen MR) is 142 cm³/mol. The van der Waals surface area contributed by atoms with Crippen LogP contribution in [0.4, 0.5) is 0 Å². The molecule has 178 valence electrons. The van der Waals surface area contributed by atoms with Crippen molar-refractivity contribution in [3.8, 4) is 0 Å². The molecule has 7 heteroatoms. The van der Waals surface area contributed by atoms with Gasteiger partial charge in [0.2, 0.25) is 5.91 Å². The fraction of sp³-hybridized carbons (Fsp3) is 0.680. The third kappa shape index (κ3) is 6.16. The Labute approximate surface area is 210 Å². The van der Waals surface area contributed by atoms with Crippen LogP contribution in [-0.2, 0) is 10.2 Å². The summed E-state index contributed by atoms with van der Waals surface area (Å²) in [5.41, 5.74) is 1.69. The smallest absolute Gasteiger partial charge is 0.225 e. The topological polar surface area (TPSA) is 60.0 Å². The van der Waals surface area contributed by atoms with Gasteiger partial charge in [-0.15, -0.1) is 24.0 Å². The third-order valence-electron chi connectivity index (χ3n) is 7.62. The van der Waals surface area contributed by atoms with Gasteiger partial charge in [-0.05, 0) is 31.2 Å². The first-order valence-electron chi connectivity index (χ1n) is 12.2. The molecule has 1 aliphatic heterocycles. The first-order valence-corrected chi connectivity index (χ1v) is 12.2. The number of aliphatic imine (C=N–C) groups is 1. The molecule has 0 atom stereocenters. The maximum atomic E-state index is 12.6. The van der Waals surface area contributed by atoms with Gasteiger partial charge in [-0.1, -0.05) is 49.6 Å². The largest absolute Gasteiger partial charge is 0.356 e. The highest BCUT2D eigenvalue weighted by molar-refractivity contribution is 14.0. The molecule has 0 spiro atoms. The molecule has 2 saturated carbocycles. The molecule has 3 aliphatic rings. The maximum Gasteiger partial charge on any atom is 0.225 e. The second-order valence-electron chi connectivity index (χ2n) is 9.50. The lowest BCUT2D eigenvalue weighted by atomic mass is 9.64. The monoisotopic (exact) mass is 553 g/mol. The van der Waals surface area contributed by atoms with Crippen LogP contribution in [0.2, 0.25) is 0 Å². The minimum absolute atomic E-state index is 0. The molecule has 1 aromatic carbocycles. The van der Waals surface area contributed by atoms with Crippen molar-refractivity contribution in [2.75, 3.05) is 52.9 Å². The first-order chi connectivity index (χ1) is 15.2. The number of guanidine groups is 1. The fourth-order valence-electron chi connectivity index (χ4n) is 5.39. The molecular weight excluding hydrogens is 513 g/mol. The van der Waals surface area contributed by atoms with Gasteiger partial charge in [0.15, 0.2) is 5.96 Å². The van der Waals surface area contributed by atoms with Gasteiger partial charge in [0.05, 0.1) is 0 Å². The van der Waals surface area contributed by atoms with Crippen LogP contribution in [0.1, 0.15) is 50.5 Å². The Balaban J connectivity index is 0.00000289. The lowest BCUT2D eigenvalue weighted by Gasteiger charge is -2.43. The maximum absolute atomic E-state index is 12.6. The lowest BCUT2D eigenvalue weighted by molar-refractivity contribution is -0.137. The summed E-state index contributed by atoms with van der Waals surface area (Å²) >= 11 is 0. The number of halogens is 1. The number of carbonyl (C=O) groups excluding carboxylic acids is 1. The van der Waals surface area contributed by atoms with E-state index in [2.05, 4.69) is 55.8 Å². The van der Waals surface area contributed by atoms with Gasteiger partial charge in [0.25, 0.3) is 0 Å². The van der Waals surface area contributed by atoms with Gasteiger partial charge in [0, 0.05) is 64.2 Å². The van der Waals surface area contributed by atoms with E-state index < -0.39 is 0 Å². The van der Waals surface area contributed by atoms with Gasteiger partial charge in [-0.3, -0.25) is 14.7 Å². The number of nitrogens with zero attached hydrogens (tertiary/aromatic N) is 3. The van der Waals surface area contributed by atoms with E-state index in [1.54, 1.807) is 0 Å². The number of hydrogen-bond acceptors (Lipinski definition) is 3. The number of nitrogens with one attached hydrogen (secondary N) is 2. The number of benzene rings is 1. The van der Waals surface area contributed by atoms with Crippen molar-refractivity contribution in [1.29, 1.82) is 0 Å². The summed E-state index contributed by atoms with van der Waals surface area (Å²) in [6.45, 7) is 6.49. The summed E-state index contributed by atoms with van der Waals surface area (Å²) in [6, 6.07) is 10.9. The molecular formula is C25H40IN5O. The lowest BCUT2D eigenvalue weighted by Crippen LogP contribution is -2.52. The standard InChI is InChI=1S/C25H39N5O.HI/c1-26-24(28-20-25(12-7-13-25)22-10-3-2-4-11-22)27-14-15-29-16-18-30(19-17-29)23(31)21-8-5-6-9-21;/h2-4,10-11,21H,5-9,12-20H2,1H3,(H2,26,27,28);1H. The Kier molecular flexibility index (Phi) is 9.64. The van der Waals surface area contributed by atoms with E-state index in [4.69, 9.17) is 0 Å². The predicted octanol–water partition coefficient (Wildman–Crippen LogP) is 3.23. The molecule has 1 heterocycles. The zero-order valence-electron chi connectivity index (χ0n) is 19.5. The first kappa shape index (κ1) is 25.3. The zero-order valence-corrected chi connectivity index (χ0v) is 21.9. The summed E-state index contributed by atoms with van der Waals surface area (Å²) < 4.78 is 0. The quantitative estimate of drug-likeness (QED) is 0.310. The van der Waals surface area contributed by atoms with Crippen molar-refractivity contribution < 1.29 is 4.79 Å². The third-order valence-corrected chi connectivity index (χ3v) is 7.62. The van der Waals surface area contributed by atoms with E-state index in [0.717, 1.165) is 64.6 Å². The van der Waals surface area contributed by atoms with E-state index in [1.165, 1.54) is 37.7 Å². The molecule has 0 radical (unpaired) electrons. The summed E-state index contributed by atoms with van der Waals surface area (Å²) in [5.74, 6) is 1.60. The van der Waals surface area contributed by atoms with Crippen molar-refractivity contribution >= 4 is 35.8 Å². The molecule has 0 aromatic heterocycles. The molecule has 1 aromatic rings. The Hall–Kier alpha value is -1.35. The van der Waals surface area contributed by atoms with Crippen LogP contribution in [0.3, 0.4) is 0 Å². The molecule has 6 nitrogen and oxygen atoms in total. The number of amides is 1. The molecule has 32 heavy (non-hydrogen) atoms. The summed E-state index contributed by atoms with van der Waals surface area (Å²) in [5, 5.41) is 7.05. The number of piperazine rings is 1. The van der Waals surface area contributed by atoms with Crippen LogP contribution in [-0.4, -0.2) is 74.5 Å². The second kappa shape index (κ2) is 12.2. The van der Waals surface area contributed by atoms with Crippen molar-refractivity contribution in [2.45, 2.75) is 50.4 Å². The zero-order chi connectivity index (χ0) is 21.5. The van der Waals surface area contributed by atoms with Gasteiger partial charge < -0.3 is 15.5 Å². The van der Waals surface area contributed by atoms with Crippen LogP contribution in [0.15, 0.2) is 35.3 Å². The minimum atomic E-state index is 0. The van der Waals surface area contributed by atoms with Crippen molar-refractivity contribution in [3.63, 3.8) is 0 Å².